The molecule has 0 aromatic heterocycles. The second-order valence-electron chi connectivity index (χ2n) is 2.16. The van der Waals surface area contributed by atoms with Crippen LogP contribution < -0.4 is 0 Å². The summed E-state index contributed by atoms with van der Waals surface area (Å²) in [5, 5.41) is 0. The highest BCUT2D eigenvalue weighted by atomic mass is 127. The van der Waals surface area contributed by atoms with Crippen molar-refractivity contribution in [2.75, 3.05) is 0 Å². The zero-order valence-electron chi connectivity index (χ0n) is 5.87. The molecular weight excluding hydrogens is 275 g/mol. The van der Waals surface area contributed by atoms with Crippen molar-refractivity contribution in [2.24, 2.45) is 0 Å². The molecule has 0 saturated heterocycles. The zero-order valence-corrected chi connectivity index (χ0v) is 8.85. The van der Waals surface area contributed by atoms with Gasteiger partial charge in [-0.05, 0) is 53.3 Å². The lowest BCUT2D eigenvalue weighted by atomic mass is 10.2. The van der Waals surface area contributed by atoms with Crippen LogP contribution in [0.15, 0.2) is 23.1 Å². The van der Waals surface area contributed by atoms with E-state index in [4.69, 9.17) is 4.55 Å². The Bertz CT molecular complexity index is 298. The van der Waals surface area contributed by atoms with Crippen LogP contribution in [0.3, 0.4) is 0 Å². The van der Waals surface area contributed by atoms with Crippen molar-refractivity contribution < 1.29 is 8.76 Å². The third-order valence-corrected chi connectivity index (χ3v) is 2.83. The van der Waals surface area contributed by atoms with Crippen molar-refractivity contribution in [3.8, 4) is 0 Å². The van der Waals surface area contributed by atoms with Crippen molar-refractivity contribution in [1.82, 2.24) is 0 Å². The number of rotatable bonds is 1. The third-order valence-electron chi connectivity index (χ3n) is 1.33. The fourth-order valence-electron chi connectivity index (χ4n) is 0.809. The van der Waals surface area contributed by atoms with E-state index in [2.05, 4.69) is 22.6 Å². The first-order chi connectivity index (χ1) is 5.11. The number of hydrogen-bond donors (Lipinski definition) is 1. The predicted molar refractivity (Wildman–Crippen MR) is 52.9 cm³/mol. The van der Waals surface area contributed by atoms with Crippen molar-refractivity contribution in [2.45, 2.75) is 11.8 Å². The average Bonchev–Trinajstić information content (AvgIpc) is 1.85. The third kappa shape index (κ3) is 2.25. The Morgan fingerprint density at radius 3 is 2.64 bits per heavy atom. The molecule has 1 atom stereocenters. The Hall–Kier alpha value is 0.0600. The maximum Gasteiger partial charge on any atom is 0.186 e. The molecule has 0 spiro atoms. The predicted octanol–water partition coefficient (Wildman–Crippen LogP) is 2.18. The quantitative estimate of drug-likeness (QED) is 0.633. The van der Waals surface area contributed by atoms with E-state index in [0.717, 1.165) is 9.13 Å². The number of aryl methyl sites for hydroxylation is 1. The Balaban J connectivity index is 3.20. The molecule has 0 bridgehead atoms. The first-order valence-electron chi connectivity index (χ1n) is 2.98. The van der Waals surface area contributed by atoms with Crippen molar-refractivity contribution in [1.29, 1.82) is 0 Å². The molecule has 0 amide bonds. The van der Waals surface area contributed by atoms with Gasteiger partial charge in [0.2, 0.25) is 0 Å². The fourth-order valence-corrected chi connectivity index (χ4v) is 1.97. The molecule has 0 aliphatic rings. The molecule has 2 nitrogen and oxygen atoms in total. The lowest BCUT2D eigenvalue weighted by Gasteiger charge is -1.99. The molecule has 1 rings (SSSR count). The fraction of sp³-hybridized carbons (Fsp3) is 0.143. The molecule has 4 heteroatoms. The summed E-state index contributed by atoms with van der Waals surface area (Å²) in [4.78, 5) is 0.491. The molecule has 1 unspecified atom stereocenters. The van der Waals surface area contributed by atoms with Gasteiger partial charge in [-0.15, -0.1) is 0 Å². The van der Waals surface area contributed by atoms with E-state index in [1.54, 1.807) is 6.07 Å². The molecule has 0 radical (unpaired) electrons. The van der Waals surface area contributed by atoms with Crippen LogP contribution in [-0.4, -0.2) is 8.76 Å². The monoisotopic (exact) mass is 282 g/mol. The van der Waals surface area contributed by atoms with Gasteiger partial charge < -0.3 is 4.55 Å². The normalized spacial score (nSPS) is 13.0. The first kappa shape index (κ1) is 9.15. The average molecular weight is 282 g/mol. The zero-order chi connectivity index (χ0) is 8.43. The van der Waals surface area contributed by atoms with Crippen LogP contribution in [0, 0.1) is 10.5 Å². The lowest BCUT2D eigenvalue weighted by Crippen LogP contribution is -1.92. The number of benzene rings is 1. The molecule has 1 aromatic carbocycles. The van der Waals surface area contributed by atoms with Gasteiger partial charge >= 0.3 is 0 Å². The summed E-state index contributed by atoms with van der Waals surface area (Å²) >= 11 is 0.313. The molecule has 0 aliphatic carbocycles. The van der Waals surface area contributed by atoms with Gasteiger partial charge in [0.25, 0.3) is 0 Å². The van der Waals surface area contributed by atoms with Crippen molar-refractivity contribution in [3.05, 3.63) is 27.3 Å². The van der Waals surface area contributed by atoms with E-state index in [1.165, 1.54) is 0 Å². The SMILES string of the molecule is Cc1cc(I)ccc1S(=O)O. The van der Waals surface area contributed by atoms with Crippen LogP contribution in [0.1, 0.15) is 5.56 Å². The smallest absolute Gasteiger partial charge is 0.186 e. The number of hydrogen-bond acceptors (Lipinski definition) is 1. The minimum Gasteiger partial charge on any atom is -0.302 e. The van der Waals surface area contributed by atoms with Gasteiger partial charge in [0.15, 0.2) is 11.1 Å². The van der Waals surface area contributed by atoms with Crippen LogP contribution in [-0.2, 0) is 11.1 Å². The molecular formula is C7H7IO2S. The topological polar surface area (TPSA) is 37.3 Å². The van der Waals surface area contributed by atoms with Gasteiger partial charge in [0.05, 0.1) is 4.90 Å². The summed E-state index contributed by atoms with van der Waals surface area (Å²) in [5.41, 5.74) is 0.859. The van der Waals surface area contributed by atoms with Gasteiger partial charge in [-0.1, -0.05) is 0 Å². The van der Waals surface area contributed by atoms with E-state index in [0.29, 0.717) is 4.90 Å². The first-order valence-corrected chi connectivity index (χ1v) is 5.17. The summed E-state index contributed by atoms with van der Waals surface area (Å²) in [7, 11) is 0. The highest BCUT2D eigenvalue weighted by molar-refractivity contribution is 14.1. The summed E-state index contributed by atoms with van der Waals surface area (Å²) in [6.07, 6.45) is 0. The second kappa shape index (κ2) is 3.64. The molecule has 1 N–H and O–H groups in total. The van der Waals surface area contributed by atoms with E-state index in [-0.39, 0.29) is 0 Å². The van der Waals surface area contributed by atoms with Crippen LogP contribution in [0.5, 0.6) is 0 Å². The summed E-state index contributed by atoms with van der Waals surface area (Å²) in [6, 6.07) is 5.37. The van der Waals surface area contributed by atoms with Gasteiger partial charge in [0, 0.05) is 3.57 Å². The van der Waals surface area contributed by atoms with E-state index < -0.39 is 11.1 Å². The van der Waals surface area contributed by atoms with Gasteiger partial charge in [-0.3, -0.25) is 0 Å². The maximum atomic E-state index is 10.6. The molecule has 0 aliphatic heterocycles. The molecule has 60 valence electrons. The summed E-state index contributed by atoms with van der Waals surface area (Å²) in [5.74, 6) is 0. The van der Waals surface area contributed by atoms with Crippen LogP contribution in [0.25, 0.3) is 0 Å². The van der Waals surface area contributed by atoms with Crippen molar-refractivity contribution in [3.63, 3.8) is 0 Å². The molecule has 11 heavy (non-hydrogen) atoms. The molecule has 0 saturated carbocycles. The Labute approximate surface area is 81.4 Å². The Kier molecular flexibility index (Phi) is 3.03. The van der Waals surface area contributed by atoms with Gasteiger partial charge in [0.1, 0.15) is 0 Å². The Morgan fingerprint density at radius 2 is 2.18 bits per heavy atom. The molecule has 1 aromatic rings. The number of halogens is 1. The van der Waals surface area contributed by atoms with E-state index in [1.807, 2.05) is 19.1 Å². The minimum atomic E-state index is -1.85. The molecule has 0 fully saturated rings. The highest BCUT2D eigenvalue weighted by Crippen LogP contribution is 2.14. The highest BCUT2D eigenvalue weighted by Gasteiger charge is 2.02. The van der Waals surface area contributed by atoms with Crippen LogP contribution in [0.2, 0.25) is 0 Å². The van der Waals surface area contributed by atoms with Crippen molar-refractivity contribution >= 4 is 33.7 Å². The lowest BCUT2D eigenvalue weighted by molar-refractivity contribution is 0.563. The van der Waals surface area contributed by atoms with Crippen LogP contribution in [0.4, 0.5) is 0 Å². The van der Waals surface area contributed by atoms with Gasteiger partial charge in [-0.2, -0.15) is 0 Å². The van der Waals surface area contributed by atoms with Crippen LogP contribution >= 0.6 is 22.6 Å². The largest absolute Gasteiger partial charge is 0.302 e. The minimum absolute atomic E-state index is 0.491. The summed E-state index contributed by atoms with van der Waals surface area (Å²) in [6.45, 7) is 1.83. The summed E-state index contributed by atoms with van der Waals surface area (Å²) < 4.78 is 20.5. The van der Waals surface area contributed by atoms with E-state index in [9.17, 15) is 4.21 Å². The van der Waals surface area contributed by atoms with E-state index >= 15 is 0 Å². The maximum absolute atomic E-state index is 10.6. The standard InChI is InChI=1S/C7H7IO2S/c1-5-4-6(8)2-3-7(5)11(9)10/h2-4H,1H3,(H,9,10). The molecule has 0 heterocycles. The van der Waals surface area contributed by atoms with Gasteiger partial charge in [-0.25, -0.2) is 4.21 Å². The Morgan fingerprint density at radius 1 is 1.55 bits per heavy atom. The second-order valence-corrected chi connectivity index (χ2v) is 4.34.